The maximum atomic E-state index is 12.9. The number of likely N-dealkylation sites (tertiary alicyclic amines) is 1. The molecule has 0 bridgehead atoms. The average molecular weight is 573 g/mol. The molecule has 1 aliphatic carbocycles. The summed E-state index contributed by atoms with van der Waals surface area (Å²) in [5, 5.41) is 13.2. The van der Waals surface area contributed by atoms with E-state index < -0.39 is 0 Å². The minimum absolute atomic E-state index is 0.130. The number of nitriles is 1. The van der Waals surface area contributed by atoms with Crippen LogP contribution in [0.2, 0.25) is 0 Å². The van der Waals surface area contributed by atoms with Crippen molar-refractivity contribution >= 4 is 23.4 Å². The zero-order chi connectivity index (χ0) is 29.1. The molecule has 9 nitrogen and oxygen atoms in total. The molecule has 1 aromatic heterocycles. The zero-order valence-electron chi connectivity index (χ0n) is 24.3. The molecule has 1 aromatic carbocycles. The number of fused-ring (bicyclic) bond motifs is 2. The van der Waals surface area contributed by atoms with Crippen LogP contribution in [-0.4, -0.2) is 96.3 Å². The molecular weight excluding hydrogens is 531 g/mol. The van der Waals surface area contributed by atoms with Crippen LogP contribution in [0.4, 0.5) is 21.8 Å². The summed E-state index contributed by atoms with van der Waals surface area (Å²) in [6.45, 7) is 8.35. The van der Waals surface area contributed by atoms with E-state index in [0.717, 1.165) is 69.7 Å². The van der Waals surface area contributed by atoms with Gasteiger partial charge in [0.1, 0.15) is 12.5 Å². The van der Waals surface area contributed by atoms with Crippen molar-refractivity contribution in [3.05, 3.63) is 53.7 Å². The second kappa shape index (κ2) is 12.7. The molecule has 0 spiro atoms. The highest BCUT2D eigenvalue weighted by molar-refractivity contribution is 5.87. The van der Waals surface area contributed by atoms with Crippen LogP contribution in [0.15, 0.2) is 36.9 Å². The van der Waals surface area contributed by atoms with Gasteiger partial charge in [-0.25, -0.2) is 9.37 Å². The molecule has 6 rings (SSSR count). The average Bonchev–Trinajstić information content (AvgIpc) is 3.45. The third-order valence-electron chi connectivity index (χ3n) is 9.48. The zero-order valence-corrected chi connectivity index (χ0v) is 24.3. The van der Waals surface area contributed by atoms with Crippen molar-refractivity contribution in [3.8, 4) is 6.07 Å². The number of alkyl halides is 1. The lowest BCUT2D eigenvalue weighted by atomic mass is 9.90. The van der Waals surface area contributed by atoms with Gasteiger partial charge < -0.3 is 24.9 Å². The van der Waals surface area contributed by atoms with Crippen molar-refractivity contribution in [2.75, 3.05) is 67.6 Å². The maximum absolute atomic E-state index is 12.9. The third kappa shape index (κ3) is 5.80. The lowest BCUT2D eigenvalue weighted by Crippen LogP contribution is -2.55. The van der Waals surface area contributed by atoms with Crippen LogP contribution < -0.4 is 15.1 Å². The van der Waals surface area contributed by atoms with Crippen LogP contribution in [0.25, 0.3) is 0 Å². The Kier molecular flexibility index (Phi) is 8.56. The molecule has 2 aromatic rings. The van der Waals surface area contributed by atoms with E-state index in [1.807, 2.05) is 0 Å². The topological polar surface area (TPSA) is 91.6 Å². The molecule has 222 valence electrons. The van der Waals surface area contributed by atoms with E-state index in [4.69, 9.17) is 9.97 Å². The number of hydrogen-bond acceptors (Lipinski definition) is 8. The number of nitrogens with zero attached hydrogens (tertiary/aromatic N) is 7. The number of carbonyl (C=O) groups excluding carboxylic acids is 1. The molecule has 1 amide bonds. The van der Waals surface area contributed by atoms with Gasteiger partial charge in [0.2, 0.25) is 11.9 Å². The van der Waals surface area contributed by atoms with Crippen molar-refractivity contribution in [2.45, 2.75) is 63.1 Å². The first-order valence-electron chi connectivity index (χ1n) is 15.4. The largest absolute Gasteiger partial charge is 0.368 e. The number of benzene rings is 1. The Labute approximate surface area is 248 Å². The summed E-state index contributed by atoms with van der Waals surface area (Å²) in [6, 6.07) is 11.4. The summed E-state index contributed by atoms with van der Waals surface area (Å²) >= 11 is 0. The van der Waals surface area contributed by atoms with Gasteiger partial charge in [0, 0.05) is 75.6 Å². The Morgan fingerprint density at radius 2 is 1.95 bits per heavy atom. The van der Waals surface area contributed by atoms with Crippen molar-refractivity contribution in [1.82, 2.24) is 19.8 Å². The van der Waals surface area contributed by atoms with Gasteiger partial charge in [-0.05, 0) is 49.8 Å². The molecule has 0 saturated carbocycles. The van der Waals surface area contributed by atoms with E-state index in [-0.39, 0.29) is 31.1 Å². The van der Waals surface area contributed by atoms with Gasteiger partial charge in [-0.1, -0.05) is 24.8 Å². The Bertz CT molecular complexity index is 1340. The third-order valence-corrected chi connectivity index (χ3v) is 9.48. The van der Waals surface area contributed by atoms with Gasteiger partial charge in [0.15, 0.2) is 0 Å². The Morgan fingerprint density at radius 1 is 1.12 bits per heavy atom. The van der Waals surface area contributed by atoms with Gasteiger partial charge in [0.05, 0.1) is 24.2 Å². The normalized spacial score (nSPS) is 22.8. The fraction of sp³-hybridized carbons (Fsp3) is 0.562. The van der Waals surface area contributed by atoms with Gasteiger partial charge in [-0.15, -0.1) is 0 Å². The number of rotatable bonds is 8. The molecule has 1 N–H and O–H groups in total. The summed E-state index contributed by atoms with van der Waals surface area (Å²) < 4.78 is 12.9. The molecule has 4 aliphatic rings. The minimum Gasteiger partial charge on any atom is -0.368 e. The summed E-state index contributed by atoms with van der Waals surface area (Å²) in [5.74, 6) is 1.46. The maximum Gasteiger partial charge on any atom is 0.246 e. The SMILES string of the molecule is C=CC(=O)N1CCN(c2nc(NC3CCN(CCF)CC3)nc3c2CCC(N2CCc4ccccc42)C3)CC1CC#N. The van der Waals surface area contributed by atoms with Crippen molar-refractivity contribution in [1.29, 1.82) is 5.26 Å². The fourth-order valence-electron chi connectivity index (χ4n) is 7.25. The summed E-state index contributed by atoms with van der Waals surface area (Å²) in [6.07, 6.45) is 7.33. The highest BCUT2D eigenvalue weighted by atomic mass is 19.1. The van der Waals surface area contributed by atoms with Crippen LogP contribution >= 0.6 is 0 Å². The number of halogens is 1. The van der Waals surface area contributed by atoms with Crippen LogP contribution in [0.1, 0.15) is 42.5 Å². The summed E-state index contributed by atoms with van der Waals surface area (Å²) in [7, 11) is 0. The number of hydrogen-bond donors (Lipinski definition) is 1. The first-order chi connectivity index (χ1) is 20.6. The molecular formula is C32H41FN8O. The number of piperidine rings is 1. The van der Waals surface area contributed by atoms with Gasteiger partial charge in [0.25, 0.3) is 0 Å². The van der Waals surface area contributed by atoms with Crippen LogP contribution in [-0.2, 0) is 24.1 Å². The predicted octanol–water partition coefficient (Wildman–Crippen LogP) is 3.36. The highest BCUT2D eigenvalue weighted by Crippen LogP contribution is 2.37. The van der Waals surface area contributed by atoms with E-state index in [2.05, 4.69) is 56.9 Å². The number of carbonyl (C=O) groups is 1. The number of para-hydroxylation sites is 1. The van der Waals surface area contributed by atoms with Gasteiger partial charge in [-0.3, -0.25) is 4.79 Å². The lowest BCUT2D eigenvalue weighted by Gasteiger charge is -2.42. The van der Waals surface area contributed by atoms with E-state index in [0.29, 0.717) is 38.2 Å². The molecule has 0 radical (unpaired) electrons. The van der Waals surface area contributed by atoms with Gasteiger partial charge in [-0.2, -0.15) is 10.2 Å². The predicted molar refractivity (Wildman–Crippen MR) is 163 cm³/mol. The van der Waals surface area contributed by atoms with Crippen LogP contribution in [0, 0.1) is 11.3 Å². The number of aromatic nitrogens is 2. The van der Waals surface area contributed by atoms with E-state index in [1.165, 1.54) is 22.9 Å². The van der Waals surface area contributed by atoms with Crippen LogP contribution in [0.3, 0.4) is 0 Å². The first kappa shape index (κ1) is 28.4. The molecule has 3 aliphatic heterocycles. The molecule has 2 saturated heterocycles. The number of anilines is 3. The summed E-state index contributed by atoms with van der Waals surface area (Å²) in [5.41, 5.74) is 5.06. The Morgan fingerprint density at radius 3 is 2.74 bits per heavy atom. The summed E-state index contributed by atoms with van der Waals surface area (Å²) in [4.78, 5) is 31.5. The molecule has 2 unspecified atom stereocenters. The van der Waals surface area contributed by atoms with E-state index >= 15 is 0 Å². The second-order valence-corrected chi connectivity index (χ2v) is 11.9. The quantitative estimate of drug-likeness (QED) is 0.482. The Hall–Kier alpha value is -3.71. The Balaban J connectivity index is 1.27. The van der Waals surface area contributed by atoms with E-state index in [1.54, 1.807) is 4.90 Å². The van der Waals surface area contributed by atoms with Crippen LogP contribution in [0.5, 0.6) is 0 Å². The van der Waals surface area contributed by atoms with Gasteiger partial charge >= 0.3 is 0 Å². The number of amides is 1. The minimum atomic E-state index is -0.309. The molecule has 4 heterocycles. The second-order valence-electron chi connectivity index (χ2n) is 11.9. The number of piperazine rings is 1. The van der Waals surface area contributed by atoms with Crippen molar-refractivity contribution < 1.29 is 9.18 Å². The molecule has 42 heavy (non-hydrogen) atoms. The standard InChI is InChI=1S/C32H41FN8O/c1-2-30(42)41-20-19-39(22-26(41)9-14-34)31-27-8-7-25(40-17-10-23-5-3-4-6-29(23)40)21-28(27)36-32(37-31)35-24-11-15-38(16-12-24)18-13-33/h2-6,24-26H,1,7-13,15-22H2,(H,35,36,37). The fourth-order valence-corrected chi connectivity index (χ4v) is 7.25. The molecule has 2 fully saturated rings. The highest BCUT2D eigenvalue weighted by Gasteiger charge is 2.35. The van der Waals surface area contributed by atoms with Crippen molar-refractivity contribution in [2.24, 2.45) is 0 Å². The first-order valence-corrected chi connectivity index (χ1v) is 15.4. The monoisotopic (exact) mass is 572 g/mol. The van der Waals surface area contributed by atoms with E-state index in [9.17, 15) is 14.4 Å². The van der Waals surface area contributed by atoms with Crippen molar-refractivity contribution in [3.63, 3.8) is 0 Å². The molecule has 2 atom stereocenters. The number of nitrogens with one attached hydrogen (secondary N) is 1. The molecule has 10 heteroatoms. The smallest absolute Gasteiger partial charge is 0.246 e. The lowest BCUT2D eigenvalue weighted by molar-refractivity contribution is -0.128.